The van der Waals surface area contributed by atoms with Gasteiger partial charge in [0.15, 0.2) is 5.69 Å². The lowest BCUT2D eigenvalue weighted by molar-refractivity contribution is 0.0940. The fourth-order valence-corrected chi connectivity index (χ4v) is 3.33. The Morgan fingerprint density at radius 2 is 2.00 bits per heavy atom. The van der Waals surface area contributed by atoms with Crippen molar-refractivity contribution in [3.8, 4) is 5.75 Å². The molecule has 1 aromatic carbocycles. The Morgan fingerprint density at radius 3 is 2.67 bits per heavy atom. The standard InChI is InChI=1S/C19H23FN4O3/c1-23-10-4-3-5-14(23)17-22-15(16(25)19(27)24(17)2)18(26)21-11-12-6-8-13(20)9-7-12/h6-9,14,25H,3-5,10-11H2,1-2H3,(H,21,26)/t14-/m0/s1. The summed E-state index contributed by atoms with van der Waals surface area (Å²) in [4.78, 5) is 31.4. The van der Waals surface area contributed by atoms with Gasteiger partial charge < -0.3 is 10.4 Å². The molecular weight excluding hydrogens is 351 g/mol. The Labute approximate surface area is 156 Å². The molecule has 1 fully saturated rings. The first-order valence-electron chi connectivity index (χ1n) is 8.91. The maximum atomic E-state index is 13.0. The molecule has 0 radical (unpaired) electrons. The summed E-state index contributed by atoms with van der Waals surface area (Å²) in [5.41, 5.74) is -0.236. The van der Waals surface area contributed by atoms with Gasteiger partial charge in [-0.05, 0) is 44.1 Å². The van der Waals surface area contributed by atoms with Crippen LogP contribution in [0, 0.1) is 5.82 Å². The molecule has 1 aromatic heterocycles. The van der Waals surface area contributed by atoms with Crippen LogP contribution in [-0.2, 0) is 13.6 Å². The molecule has 1 amide bonds. The van der Waals surface area contributed by atoms with Gasteiger partial charge in [0, 0.05) is 13.6 Å². The van der Waals surface area contributed by atoms with Crippen molar-refractivity contribution in [3.63, 3.8) is 0 Å². The minimum absolute atomic E-state index is 0.0827. The minimum Gasteiger partial charge on any atom is -0.501 e. The van der Waals surface area contributed by atoms with Crippen molar-refractivity contribution in [2.45, 2.75) is 31.8 Å². The van der Waals surface area contributed by atoms with Gasteiger partial charge in [0.25, 0.3) is 11.5 Å². The van der Waals surface area contributed by atoms with E-state index >= 15 is 0 Å². The van der Waals surface area contributed by atoms with E-state index in [2.05, 4.69) is 15.2 Å². The third-order valence-corrected chi connectivity index (χ3v) is 4.95. The summed E-state index contributed by atoms with van der Waals surface area (Å²) in [6.45, 7) is 1.02. The molecule has 144 valence electrons. The van der Waals surface area contributed by atoms with Crippen molar-refractivity contribution in [1.29, 1.82) is 0 Å². The Morgan fingerprint density at radius 1 is 1.30 bits per heavy atom. The van der Waals surface area contributed by atoms with E-state index in [4.69, 9.17) is 0 Å². The number of benzene rings is 1. The van der Waals surface area contributed by atoms with Crippen LogP contribution in [0.4, 0.5) is 4.39 Å². The van der Waals surface area contributed by atoms with Crippen LogP contribution in [0.2, 0.25) is 0 Å². The number of hydrogen-bond donors (Lipinski definition) is 2. The molecule has 1 saturated heterocycles. The number of carbonyl (C=O) groups excluding carboxylic acids is 1. The number of aromatic hydroxyl groups is 1. The van der Waals surface area contributed by atoms with Gasteiger partial charge in [-0.2, -0.15) is 0 Å². The van der Waals surface area contributed by atoms with Gasteiger partial charge in [0.05, 0.1) is 6.04 Å². The lowest BCUT2D eigenvalue weighted by Gasteiger charge is -2.32. The summed E-state index contributed by atoms with van der Waals surface area (Å²) in [5, 5.41) is 12.8. The first-order chi connectivity index (χ1) is 12.9. The highest BCUT2D eigenvalue weighted by molar-refractivity contribution is 5.94. The molecule has 27 heavy (non-hydrogen) atoms. The van der Waals surface area contributed by atoms with Crippen LogP contribution in [0.15, 0.2) is 29.1 Å². The van der Waals surface area contributed by atoms with Crippen LogP contribution in [0.1, 0.15) is 47.2 Å². The molecule has 0 bridgehead atoms. The number of amides is 1. The van der Waals surface area contributed by atoms with Crippen LogP contribution in [0.25, 0.3) is 0 Å². The molecule has 0 saturated carbocycles. The van der Waals surface area contributed by atoms with Crippen molar-refractivity contribution in [1.82, 2.24) is 19.8 Å². The van der Waals surface area contributed by atoms with E-state index in [1.807, 2.05) is 7.05 Å². The van der Waals surface area contributed by atoms with Crippen LogP contribution < -0.4 is 10.9 Å². The maximum absolute atomic E-state index is 13.0. The fourth-order valence-electron chi connectivity index (χ4n) is 3.33. The zero-order valence-electron chi connectivity index (χ0n) is 15.4. The Kier molecular flexibility index (Phi) is 5.55. The predicted molar refractivity (Wildman–Crippen MR) is 97.9 cm³/mol. The van der Waals surface area contributed by atoms with E-state index in [-0.39, 0.29) is 24.1 Å². The number of rotatable bonds is 4. The van der Waals surface area contributed by atoms with Gasteiger partial charge in [0.1, 0.15) is 11.6 Å². The summed E-state index contributed by atoms with van der Waals surface area (Å²) in [5.74, 6) is -1.21. The molecule has 1 aliphatic rings. The molecule has 3 rings (SSSR count). The molecule has 7 nitrogen and oxygen atoms in total. The summed E-state index contributed by atoms with van der Waals surface area (Å²) in [7, 11) is 3.50. The quantitative estimate of drug-likeness (QED) is 0.851. The molecule has 1 aliphatic heterocycles. The SMILES string of the molecule is CN1CCCC[C@H]1c1nc(C(=O)NCc2ccc(F)cc2)c(O)c(=O)n1C. The number of halogens is 1. The van der Waals surface area contributed by atoms with Crippen LogP contribution in [-0.4, -0.2) is 39.1 Å². The zero-order valence-corrected chi connectivity index (χ0v) is 15.4. The molecule has 8 heteroatoms. The van der Waals surface area contributed by atoms with Gasteiger partial charge in [-0.3, -0.25) is 19.1 Å². The third kappa shape index (κ3) is 4.00. The summed E-state index contributed by atoms with van der Waals surface area (Å²) in [6.07, 6.45) is 2.92. The van der Waals surface area contributed by atoms with Crippen molar-refractivity contribution in [3.05, 3.63) is 57.5 Å². The fraction of sp³-hybridized carbons (Fsp3) is 0.421. The highest BCUT2D eigenvalue weighted by atomic mass is 19.1. The normalized spacial score (nSPS) is 17.7. The second-order valence-corrected chi connectivity index (χ2v) is 6.83. The molecular formula is C19H23FN4O3. The van der Waals surface area contributed by atoms with Crippen LogP contribution in [0.5, 0.6) is 5.75 Å². The first-order valence-corrected chi connectivity index (χ1v) is 8.91. The number of likely N-dealkylation sites (tertiary alicyclic amines) is 1. The second-order valence-electron chi connectivity index (χ2n) is 6.83. The average Bonchev–Trinajstić information content (AvgIpc) is 2.66. The Bertz CT molecular complexity index is 895. The number of nitrogens with one attached hydrogen (secondary N) is 1. The molecule has 0 unspecified atom stereocenters. The Balaban J connectivity index is 1.86. The predicted octanol–water partition coefficient (Wildman–Crippen LogP) is 1.71. The number of carbonyl (C=O) groups is 1. The molecule has 2 N–H and O–H groups in total. The largest absolute Gasteiger partial charge is 0.501 e. The van der Waals surface area contributed by atoms with Gasteiger partial charge in [-0.1, -0.05) is 18.6 Å². The van der Waals surface area contributed by atoms with E-state index in [0.29, 0.717) is 11.4 Å². The van der Waals surface area contributed by atoms with Gasteiger partial charge in [-0.25, -0.2) is 9.37 Å². The topological polar surface area (TPSA) is 87.5 Å². The van der Waals surface area contributed by atoms with Crippen LogP contribution >= 0.6 is 0 Å². The summed E-state index contributed by atoms with van der Waals surface area (Å²) < 4.78 is 14.3. The van der Waals surface area contributed by atoms with Crippen molar-refractivity contribution in [2.75, 3.05) is 13.6 Å². The second kappa shape index (κ2) is 7.87. The lowest BCUT2D eigenvalue weighted by Crippen LogP contribution is -2.36. The monoisotopic (exact) mass is 374 g/mol. The van der Waals surface area contributed by atoms with Gasteiger partial charge in [-0.15, -0.1) is 0 Å². The van der Waals surface area contributed by atoms with Crippen molar-refractivity contribution < 1.29 is 14.3 Å². The van der Waals surface area contributed by atoms with E-state index in [1.54, 1.807) is 19.2 Å². The van der Waals surface area contributed by atoms with Gasteiger partial charge >= 0.3 is 0 Å². The summed E-state index contributed by atoms with van der Waals surface area (Å²) >= 11 is 0. The maximum Gasteiger partial charge on any atom is 0.296 e. The highest BCUT2D eigenvalue weighted by Gasteiger charge is 2.28. The highest BCUT2D eigenvalue weighted by Crippen LogP contribution is 2.28. The van der Waals surface area contributed by atoms with Crippen molar-refractivity contribution in [2.24, 2.45) is 7.05 Å². The van der Waals surface area contributed by atoms with E-state index < -0.39 is 17.2 Å². The third-order valence-electron chi connectivity index (χ3n) is 4.95. The van der Waals surface area contributed by atoms with E-state index in [1.165, 1.54) is 16.7 Å². The number of nitrogens with zero attached hydrogens (tertiary/aromatic N) is 3. The average molecular weight is 374 g/mol. The molecule has 0 spiro atoms. The van der Waals surface area contributed by atoms with Crippen LogP contribution in [0.3, 0.4) is 0 Å². The molecule has 2 aromatic rings. The van der Waals surface area contributed by atoms with E-state index in [9.17, 15) is 19.1 Å². The molecule has 1 atom stereocenters. The number of piperidine rings is 1. The lowest BCUT2D eigenvalue weighted by atomic mass is 10.0. The molecule has 0 aliphatic carbocycles. The van der Waals surface area contributed by atoms with Gasteiger partial charge in [0.2, 0.25) is 5.75 Å². The molecule has 2 heterocycles. The number of hydrogen-bond acceptors (Lipinski definition) is 5. The smallest absolute Gasteiger partial charge is 0.296 e. The first kappa shape index (κ1) is 19.0. The minimum atomic E-state index is -0.670. The Hall–Kier alpha value is -2.74. The zero-order chi connectivity index (χ0) is 19.6. The summed E-state index contributed by atoms with van der Waals surface area (Å²) in [6, 6.07) is 5.62. The number of aromatic nitrogens is 2. The van der Waals surface area contributed by atoms with Crippen molar-refractivity contribution >= 4 is 5.91 Å². The van der Waals surface area contributed by atoms with E-state index in [0.717, 1.165) is 25.8 Å².